The van der Waals surface area contributed by atoms with Gasteiger partial charge in [-0.15, -0.1) is 6.58 Å². The van der Waals surface area contributed by atoms with Gasteiger partial charge >= 0.3 is 0 Å². The second-order valence-electron chi connectivity index (χ2n) is 5.93. The van der Waals surface area contributed by atoms with Gasteiger partial charge in [0.05, 0.1) is 4.91 Å². The van der Waals surface area contributed by atoms with Gasteiger partial charge in [0.25, 0.3) is 5.91 Å². The van der Waals surface area contributed by atoms with Gasteiger partial charge in [-0.1, -0.05) is 72.0 Å². The Kier molecular flexibility index (Phi) is 5.91. The molecule has 3 nitrogen and oxygen atoms in total. The number of benzene rings is 2. The van der Waals surface area contributed by atoms with Crippen molar-refractivity contribution in [2.24, 2.45) is 0 Å². The predicted octanol–water partition coefficient (Wildman–Crippen LogP) is 4.96. The van der Waals surface area contributed by atoms with Crippen molar-refractivity contribution in [1.29, 1.82) is 0 Å². The first kappa shape index (κ1) is 18.4. The van der Waals surface area contributed by atoms with Crippen LogP contribution < -0.4 is 4.74 Å². The molecule has 5 heteroatoms. The van der Waals surface area contributed by atoms with Crippen molar-refractivity contribution in [3.05, 3.63) is 82.8 Å². The Morgan fingerprint density at radius 3 is 2.81 bits per heavy atom. The number of nitrogens with zero attached hydrogens (tertiary/aromatic N) is 1. The molecule has 0 spiro atoms. The van der Waals surface area contributed by atoms with Crippen molar-refractivity contribution >= 4 is 40.3 Å². The standard InChI is InChI=1S/C21H19NO2S2/c1-3-10-22-20(23)19(26-21(22)25)13-16-7-5-9-18(12-16)24-14-17-8-4-6-15(2)11-17/h3-9,11-13H,1,10,14H2,2H3/b19-13-. The second kappa shape index (κ2) is 8.34. The molecule has 0 aliphatic carbocycles. The van der Waals surface area contributed by atoms with Crippen molar-refractivity contribution < 1.29 is 9.53 Å². The lowest BCUT2D eigenvalue weighted by Crippen LogP contribution is -2.27. The normalized spacial score (nSPS) is 15.6. The summed E-state index contributed by atoms with van der Waals surface area (Å²) in [6.07, 6.45) is 3.52. The molecule has 0 radical (unpaired) electrons. The van der Waals surface area contributed by atoms with Gasteiger partial charge in [0, 0.05) is 6.54 Å². The number of thioether (sulfide) groups is 1. The molecule has 0 N–H and O–H groups in total. The topological polar surface area (TPSA) is 29.5 Å². The van der Waals surface area contributed by atoms with Gasteiger partial charge in [0.2, 0.25) is 0 Å². The molecule has 0 bridgehead atoms. The Bertz CT molecular complexity index is 889. The number of thiocarbonyl (C=S) groups is 1. The summed E-state index contributed by atoms with van der Waals surface area (Å²) in [7, 11) is 0. The summed E-state index contributed by atoms with van der Waals surface area (Å²) in [5.41, 5.74) is 3.24. The molecule has 0 atom stereocenters. The highest BCUT2D eigenvalue weighted by atomic mass is 32.2. The summed E-state index contributed by atoms with van der Waals surface area (Å²) in [6, 6.07) is 15.9. The molecule has 1 heterocycles. The maximum atomic E-state index is 12.4. The van der Waals surface area contributed by atoms with E-state index in [2.05, 4.69) is 25.6 Å². The number of carbonyl (C=O) groups is 1. The molecule has 26 heavy (non-hydrogen) atoms. The zero-order valence-electron chi connectivity index (χ0n) is 14.5. The van der Waals surface area contributed by atoms with E-state index >= 15 is 0 Å². The summed E-state index contributed by atoms with van der Waals surface area (Å²) < 4.78 is 6.45. The van der Waals surface area contributed by atoms with E-state index < -0.39 is 0 Å². The molecule has 2 aromatic carbocycles. The fourth-order valence-electron chi connectivity index (χ4n) is 2.60. The van der Waals surface area contributed by atoms with Crippen LogP contribution in [-0.4, -0.2) is 21.7 Å². The fraction of sp³-hybridized carbons (Fsp3) is 0.143. The van der Waals surface area contributed by atoms with Gasteiger partial charge < -0.3 is 4.74 Å². The molecule has 3 rings (SSSR count). The highest BCUT2D eigenvalue weighted by Crippen LogP contribution is 2.32. The molecule has 1 amide bonds. The molecule has 0 unspecified atom stereocenters. The smallest absolute Gasteiger partial charge is 0.266 e. The third-order valence-electron chi connectivity index (χ3n) is 3.83. The van der Waals surface area contributed by atoms with Crippen LogP contribution in [0.3, 0.4) is 0 Å². The lowest BCUT2D eigenvalue weighted by molar-refractivity contribution is -0.121. The van der Waals surface area contributed by atoms with Crippen LogP contribution in [0, 0.1) is 6.92 Å². The molecular weight excluding hydrogens is 362 g/mol. The maximum absolute atomic E-state index is 12.4. The van der Waals surface area contributed by atoms with Gasteiger partial charge in [-0.05, 0) is 36.3 Å². The number of ether oxygens (including phenoxy) is 1. The molecular formula is C21H19NO2S2. The third kappa shape index (κ3) is 4.42. The largest absolute Gasteiger partial charge is 0.489 e. The predicted molar refractivity (Wildman–Crippen MR) is 112 cm³/mol. The van der Waals surface area contributed by atoms with E-state index in [1.165, 1.54) is 17.3 Å². The SMILES string of the molecule is C=CCN1C(=O)/C(=C/c2cccc(OCc3cccc(C)c3)c2)SC1=S. The number of amides is 1. The van der Waals surface area contributed by atoms with E-state index in [1.807, 2.05) is 42.5 Å². The third-order valence-corrected chi connectivity index (χ3v) is 5.21. The summed E-state index contributed by atoms with van der Waals surface area (Å²) in [5, 5.41) is 0. The Morgan fingerprint density at radius 2 is 2.04 bits per heavy atom. The molecule has 1 aliphatic heterocycles. The van der Waals surface area contributed by atoms with Gasteiger partial charge in [-0.3, -0.25) is 9.69 Å². The van der Waals surface area contributed by atoms with Crippen molar-refractivity contribution in [3.63, 3.8) is 0 Å². The molecule has 1 fully saturated rings. The van der Waals surface area contributed by atoms with E-state index in [-0.39, 0.29) is 5.91 Å². The van der Waals surface area contributed by atoms with Crippen LogP contribution >= 0.6 is 24.0 Å². The number of hydrogen-bond donors (Lipinski definition) is 0. The molecule has 2 aromatic rings. The van der Waals surface area contributed by atoms with Crippen molar-refractivity contribution in [2.45, 2.75) is 13.5 Å². The van der Waals surface area contributed by atoms with E-state index in [1.54, 1.807) is 11.0 Å². The monoisotopic (exact) mass is 381 g/mol. The Balaban J connectivity index is 1.72. The van der Waals surface area contributed by atoms with Gasteiger partial charge in [-0.2, -0.15) is 0 Å². The average molecular weight is 382 g/mol. The van der Waals surface area contributed by atoms with Crippen molar-refractivity contribution in [2.75, 3.05) is 6.54 Å². The van der Waals surface area contributed by atoms with Crippen LogP contribution in [0.4, 0.5) is 0 Å². The van der Waals surface area contributed by atoms with Gasteiger partial charge in [0.15, 0.2) is 0 Å². The highest BCUT2D eigenvalue weighted by Gasteiger charge is 2.30. The Labute approximate surface area is 163 Å². The van der Waals surface area contributed by atoms with E-state index in [0.717, 1.165) is 16.9 Å². The summed E-state index contributed by atoms with van der Waals surface area (Å²) >= 11 is 6.58. The first-order valence-corrected chi connectivity index (χ1v) is 9.44. The number of rotatable bonds is 6. The lowest BCUT2D eigenvalue weighted by Gasteiger charge is -2.10. The van der Waals surface area contributed by atoms with Crippen molar-refractivity contribution in [3.8, 4) is 5.75 Å². The maximum Gasteiger partial charge on any atom is 0.266 e. The molecule has 1 aliphatic rings. The van der Waals surface area contributed by atoms with Crippen LogP contribution in [-0.2, 0) is 11.4 Å². The van der Waals surface area contributed by atoms with Crippen LogP contribution in [0.5, 0.6) is 5.75 Å². The van der Waals surface area contributed by atoms with Crippen molar-refractivity contribution in [1.82, 2.24) is 4.90 Å². The zero-order chi connectivity index (χ0) is 18.5. The number of aryl methyl sites for hydroxylation is 1. The summed E-state index contributed by atoms with van der Waals surface area (Å²) in [4.78, 5) is 14.6. The fourth-order valence-corrected chi connectivity index (χ4v) is 3.88. The van der Waals surface area contributed by atoms with E-state index in [0.29, 0.717) is 22.4 Å². The summed E-state index contributed by atoms with van der Waals surface area (Å²) in [6.45, 7) is 6.67. The molecule has 1 saturated heterocycles. The number of carbonyl (C=O) groups excluding carboxylic acids is 1. The van der Waals surface area contributed by atoms with Crippen LogP contribution in [0.2, 0.25) is 0 Å². The van der Waals surface area contributed by atoms with Gasteiger partial charge in [0.1, 0.15) is 16.7 Å². The highest BCUT2D eigenvalue weighted by molar-refractivity contribution is 8.26. The van der Waals surface area contributed by atoms with Crippen LogP contribution in [0.1, 0.15) is 16.7 Å². The molecule has 0 saturated carbocycles. The van der Waals surface area contributed by atoms with E-state index in [9.17, 15) is 4.79 Å². The van der Waals surface area contributed by atoms with Gasteiger partial charge in [-0.25, -0.2) is 0 Å². The second-order valence-corrected chi connectivity index (χ2v) is 7.61. The number of hydrogen-bond acceptors (Lipinski definition) is 4. The quantitative estimate of drug-likeness (QED) is 0.402. The minimum absolute atomic E-state index is 0.0778. The molecule has 0 aromatic heterocycles. The van der Waals surface area contributed by atoms with E-state index in [4.69, 9.17) is 17.0 Å². The average Bonchev–Trinajstić information content (AvgIpc) is 2.88. The minimum atomic E-state index is -0.0778. The molecule has 132 valence electrons. The lowest BCUT2D eigenvalue weighted by atomic mass is 10.1. The zero-order valence-corrected chi connectivity index (χ0v) is 16.1. The first-order chi connectivity index (χ1) is 12.6. The first-order valence-electron chi connectivity index (χ1n) is 8.21. The Morgan fingerprint density at radius 1 is 1.23 bits per heavy atom. The minimum Gasteiger partial charge on any atom is -0.489 e. The van der Waals surface area contributed by atoms with Crippen LogP contribution in [0.25, 0.3) is 6.08 Å². The summed E-state index contributed by atoms with van der Waals surface area (Å²) in [5.74, 6) is 0.688. The Hall–Kier alpha value is -2.37. The van der Waals surface area contributed by atoms with Crippen LogP contribution in [0.15, 0.2) is 66.1 Å².